The molecular weight excluding hydrogens is 202 g/mol. The fraction of sp³-hybridized carbons (Fsp3) is 1.00. The Kier molecular flexibility index (Phi) is 3.55. The summed E-state index contributed by atoms with van der Waals surface area (Å²) in [6, 6.07) is 0. The lowest BCUT2D eigenvalue weighted by molar-refractivity contribution is 0.212. The first-order chi connectivity index (χ1) is 6.39. The first kappa shape index (κ1) is 11.9. The van der Waals surface area contributed by atoms with Gasteiger partial charge in [0.1, 0.15) is 0 Å². The minimum atomic E-state index is -2.92. The molecular formula is C9H19NO3S. The zero-order chi connectivity index (χ0) is 10.8. The molecule has 0 atom stereocenters. The third kappa shape index (κ3) is 2.46. The van der Waals surface area contributed by atoms with Gasteiger partial charge in [-0.25, -0.2) is 8.42 Å². The summed E-state index contributed by atoms with van der Waals surface area (Å²) in [4.78, 5) is 2.11. The van der Waals surface area contributed by atoms with Crippen molar-refractivity contribution in [3.05, 3.63) is 0 Å². The number of nitrogens with zero attached hydrogens (tertiary/aromatic N) is 1. The van der Waals surface area contributed by atoms with E-state index in [0.717, 1.165) is 13.0 Å². The van der Waals surface area contributed by atoms with E-state index in [0.29, 0.717) is 13.1 Å². The molecule has 1 heterocycles. The Morgan fingerprint density at radius 2 is 2.07 bits per heavy atom. The Balaban J connectivity index is 2.59. The van der Waals surface area contributed by atoms with Crippen LogP contribution in [-0.2, 0) is 9.84 Å². The Morgan fingerprint density at radius 1 is 1.43 bits per heavy atom. The second kappa shape index (κ2) is 4.16. The molecule has 84 valence electrons. The molecule has 0 aromatic rings. The van der Waals surface area contributed by atoms with E-state index in [2.05, 4.69) is 4.90 Å². The van der Waals surface area contributed by atoms with Crippen LogP contribution in [0.15, 0.2) is 0 Å². The molecule has 14 heavy (non-hydrogen) atoms. The van der Waals surface area contributed by atoms with Crippen molar-refractivity contribution in [3.8, 4) is 0 Å². The summed E-state index contributed by atoms with van der Waals surface area (Å²) in [5.74, 6) is 0.241. The van der Waals surface area contributed by atoms with Crippen LogP contribution in [0.4, 0.5) is 0 Å². The van der Waals surface area contributed by atoms with Crippen molar-refractivity contribution >= 4 is 9.84 Å². The fourth-order valence-electron chi connectivity index (χ4n) is 1.73. The molecule has 0 aromatic heterocycles. The third-order valence-electron chi connectivity index (χ3n) is 2.76. The van der Waals surface area contributed by atoms with Gasteiger partial charge in [0.15, 0.2) is 9.84 Å². The predicted octanol–water partition coefficient (Wildman–Crippen LogP) is -0.122. The maximum absolute atomic E-state index is 11.6. The summed E-state index contributed by atoms with van der Waals surface area (Å²) in [6.45, 7) is 5.68. The monoisotopic (exact) mass is 221 g/mol. The highest BCUT2D eigenvalue weighted by atomic mass is 32.2. The van der Waals surface area contributed by atoms with Crippen LogP contribution in [0.25, 0.3) is 0 Å². The van der Waals surface area contributed by atoms with E-state index >= 15 is 0 Å². The van der Waals surface area contributed by atoms with Gasteiger partial charge in [-0.2, -0.15) is 0 Å². The molecule has 5 heteroatoms. The molecule has 1 saturated heterocycles. The van der Waals surface area contributed by atoms with Crippen molar-refractivity contribution < 1.29 is 13.5 Å². The van der Waals surface area contributed by atoms with Crippen molar-refractivity contribution in [1.82, 2.24) is 4.90 Å². The van der Waals surface area contributed by atoms with Gasteiger partial charge in [-0.1, -0.05) is 0 Å². The molecule has 0 saturated carbocycles. The van der Waals surface area contributed by atoms with Gasteiger partial charge in [0.25, 0.3) is 0 Å². The maximum atomic E-state index is 11.6. The van der Waals surface area contributed by atoms with E-state index in [1.807, 2.05) is 0 Å². The van der Waals surface area contributed by atoms with E-state index in [1.165, 1.54) is 0 Å². The Labute approximate surface area is 85.8 Å². The van der Waals surface area contributed by atoms with Crippen LogP contribution in [0, 0.1) is 0 Å². The second-order valence-corrected chi connectivity index (χ2v) is 7.17. The molecule has 1 fully saturated rings. The summed E-state index contributed by atoms with van der Waals surface area (Å²) in [5.41, 5.74) is 0. The molecule has 0 unspecified atom stereocenters. The standard InChI is InChI=1S/C9H19NO3S/c1-9(2)8-10(4-3-6-11)5-7-14(9,12)13/h11H,3-8H2,1-2H3. The van der Waals surface area contributed by atoms with Gasteiger partial charge in [0.2, 0.25) is 0 Å². The largest absolute Gasteiger partial charge is 0.396 e. The topological polar surface area (TPSA) is 57.6 Å². The van der Waals surface area contributed by atoms with E-state index in [9.17, 15) is 8.42 Å². The summed E-state index contributed by atoms with van der Waals surface area (Å²) in [5, 5.41) is 8.68. The van der Waals surface area contributed by atoms with Crippen LogP contribution in [0.2, 0.25) is 0 Å². The first-order valence-electron chi connectivity index (χ1n) is 4.94. The van der Waals surface area contributed by atoms with Crippen molar-refractivity contribution in [2.75, 3.05) is 32.0 Å². The lowest BCUT2D eigenvalue weighted by Gasteiger charge is -2.37. The highest BCUT2D eigenvalue weighted by molar-refractivity contribution is 7.92. The van der Waals surface area contributed by atoms with Gasteiger partial charge in [0.05, 0.1) is 10.5 Å². The normalized spacial score (nSPS) is 26.2. The van der Waals surface area contributed by atoms with Crippen molar-refractivity contribution in [2.45, 2.75) is 25.0 Å². The average molecular weight is 221 g/mol. The fourth-order valence-corrected chi connectivity index (χ4v) is 3.16. The van der Waals surface area contributed by atoms with E-state index < -0.39 is 14.6 Å². The lowest BCUT2D eigenvalue weighted by Crippen LogP contribution is -2.53. The molecule has 0 radical (unpaired) electrons. The second-order valence-electron chi connectivity index (χ2n) is 4.43. The molecule has 0 aliphatic carbocycles. The third-order valence-corrected chi connectivity index (χ3v) is 5.29. The number of rotatable bonds is 3. The number of aliphatic hydroxyl groups excluding tert-OH is 1. The predicted molar refractivity (Wildman–Crippen MR) is 56.0 cm³/mol. The van der Waals surface area contributed by atoms with Crippen molar-refractivity contribution in [3.63, 3.8) is 0 Å². The molecule has 4 nitrogen and oxygen atoms in total. The van der Waals surface area contributed by atoms with Gasteiger partial charge in [-0.3, -0.25) is 0 Å². The van der Waals surface area contributed by atoms with Crippen molar-refractivity contribution in [1.29, 1.82) is 0 Å². The molecule has 1 rings (SSSR count). The van der Waals surface area contributed by atoms with E-state index in [1.54, 1.807) is 13.8 Å². The van der Waals surface area contributed by atoms with Gasteiger partial charge >= 0.3 is 0 Å². The van der Waals surface area contributed by atoms with Gasteiger partial charge in [0, 0.05) is 26.2 Å². The number of hydrogen-bond donors (Lipinski definition) is 1. The van der Waals surface area contributed by atoms with Gasteiger partial charge in [-0.05, 0) is 20.3 Å². The number of aliphatic hydroxyl groups is 1. The SMILES string of the molecule is CC1(C)CN(CCCO)CCS1(=O)=O. The number of sulfone groups is 1. The number of hydrogen-bond acceptors (Lipinski definition) is 4. The average Bonchev–Trinajstić information content (AvgIpc) is 2.07. The molecule has 0 aromatic carbocycles. The van der Waals surface area contributed by atoms with Crippen LogP contribution in [0.3, 0.4) is 0 Å². The van der Waals surface area contributed by atoms with Crippen LogP contribution in [-0.4, -0.2) is 55.2 Å². The van der Waals surface area contributed by atoms with Crippen molar-refractivity contribution in [2.24, 2.45) is 0 Å². The first-order valence-corrected chi connectivity index (χ1v) is 6.60. The Hall–Kier alpha value is -0.130. The quantitative estimate of drug-likeness (QED) is 0.722. The molecule has 1 aliphatic rings. The van der Waals surface area contributed by atoms with Gasteiger partial charge in [-0.15, -0.1) is 0 Å². The minimum Gasteiger partial charge on any atom is -0.396 e. The van der Waals surface area contributed by atoms with Crippen LogP contribution in [0.1, 0.15) is 20.3 Å². The highest BCUT2D eigenvalue weighted by Crippen LogP contribution is 2.23. The summed E-state index contributed by atoms with van der Waals surface area (Å²) < 4.78 is 22.7. The summed E-state index contributed by atoms with van der Waals surface area (Å²) in [6.07, 6.45) is 0.718. The zero-order valence-electron chi connectivity index (χ0n) is 8.86. The molecule has 0 amide bonds. The van der Waals surface area contributed by atoms with Crippen LogP contribution < -0.4 is 0 Å². The Morgan fingerprint density at radius 3 is 2.57 bits per heavy atom. The molecule has 0 bridgehead atoms. The van der Waals surface area contributed by atoms with E-state index in [4.69, 9.17) is 5.11 Å². The van der Waals surface area contributed by atoms with Gasteiger partial charge < -0.3 is 10.0 Å². The summed E-state index contributed by atoms with van der Waals surface area (Å²) in [7, 11) is -2.92. The summed E-state index contributed by atoms with van der Waals surface area (Å²) >= 11 is 0. The van der Waals surface area contributed by atoms with E-state index in [-0.39, 0.29) is 12.4 Å². The Bertz CT molecular complexity index is 284. The molecule has 1 aliphatic heterocycles. The minimum absolute atomic E-state index is 0.170. The zero-order valence-corrected chi connectivity index (χ0v) is 9.68. The van der Waals surface area contributed by atoms with Crippen LogP contribution >= 0.6 is 0 Å². The van der Waals surface area contributed by atoms with Crippen LogP contribution in [0.5, 0.6) is 0 Å². The molecule has 0 spiro atoms. The molecule has 1 N–H and O–H groups in total. The maximum Gasteiger partial charge on any atom is 0.157 e. The lowest BCUT2D eigenvalue weighted by atomic mass is 10.2. The highest BCUT2D eigenvalue weighted by Gasteiger charge is 2.39. The smallest absolute Gasteiger partial charge is 0.157 e.